The number of hydrogen-bond acceptors (Lipinski definition) is 19. The Labute approximate surface area is 620 Å². The number of aromatic nitrogens is 3. The van der Waals surface area contributed by atoms with Crippen molar-refractivity contribution in [1.29, 1.82) is 0 Å². The zero-order valence-corrected chi connectivity index (χ0v) is 60.9. The number of hydrogen-bond donors (Lipinski definition) is 11. The Balaban J connectivity index is 0.000000147. The average molecular weight is 1450 g/mol. The molecule has 6 fully saturated rings. The number of piperidine rings is 5. The summed E-state index contributed by atoms with van der Waals surface area (Å²) in [5.41, 5.74) is 11.7. The second kappa shape index (κ2) is 39.8. The summed E-state index contributed by atoms with van der Waals surface area (Å²) < 4.78 is 16.0. The molecule has 11 heterocycles. The van der Waals surface area contributed by atoms with Crippen molar-refractivity contribution in [2.75, 3.05) is 26.9 Å². The zero-order valence-electron chi connectivity index (χ0n) is 60.9. The Hall–Kier alpha value is -10.9. The third-order valence-electron chi connectivity index (χ3n) is 18.5. The number of allylic oxidation sites excluding steroid dienone is 5. The van der Waals surface area contributed by atoms with Crippen LogP contribution in [-0.2, 0) is 79.1 Å². The summed E-state index contributed by atoms with van der Waals surface area (Å²) in [7, 11) is 1.99. The van der Waals surface area contributed by atoms with Crippen LogP contribution in [0.1, 0.15) is 121 Å². The van der Waals surface area contributed by atoms with E-state index in [-0.39, 0.29) is 84.8 Å². The molecule has 3 aromatic carbocycles. The summed E-state index contributed by atoms with van der Waals surface area (Å²) in [6.07, 6.45) is 15.4. The first-order chi connectivity index (χ1) is 51.1. The van der Waals surface area contributed by atoms with Crippen LogP contribution >= 0.6 is 0 Å². The van der Waals surface area contributed by atoms with Crippen molar-refractivity contribution in [3.8, 4) is 11.5 Å². The van der Waals surface area contributed by atoms with Gasteiger partial charge in [0.15, 0.2) is 11.5 Å². The number of carbonyl (C=O) groups excluding carboxylic acids is 7. The lowest BCUT2D eigenvalue weighted by Crippen LogP contribution is -2.50. The fraction of sp³-hybridized carbons (Fsp3) is 0.375. The summed E-state index contributed by atoms with van der Waals surface area (Å²) in [5, 5.41) is 31.6. The molecule has 0 radical (unpaired) electrons. The smallest absolute Gasteiger partial charge is 0.248 e. The minimum Gasteiger partial charge on any atom is -0.465 e. The monoisotopic (exact) mass is 1440 g/mol. The number of ether oxygens (including phenoxy) is 2. The van der Waals surface area contributed by atoms with Crippen LogP contribution in [0, 0.1) is 13.8 Å². The number of amides is 7. The summed E-state index contributed by atoms with van der Waals surface area (Å²) in [6, 6.07) is 33.2. The number of carbonyl (C=O) groups is 7. The standard InChI is InChI=1S/C15H18N2O.C14H16N2O3.C14H18N2O.C13H17N3O.C12H15N5O2.C12H16N2O2/c1-11-6-7-14(15(18)16-11)17-9-8-12-4-2-3-5-13(12)10-17;1-9-2-4-11(14(17)16-9)15-7-10-3-5-12-13(6-10)19-8-18-12;1-11-8-9-13(14(17)15-11)16(2)10-12-6-4-3-5-7-12;1-10-5-6-12(13(17)16-10)15-9-7-11-4-2-3-8-14-11;1-7-4-14-9(5-13-7)6-15-11(18)3-10-12(19)17-8(2)16-10;1-8-3-6-11(12(15)14-8)13-7-10-5-4-9(2)16-10/h2-5,14H,1,6-10H2,(H,16,18);3,5-6,11,15H,1-2,4,7-8H2,(H,16,17);3-7,13H,1,8-10H2,2H3,(H,15,17);2-4,8,12,15H,1,5-7,9H2,(H,16,17);4-5,10,16H,2-3,6H2,1H3,(H,15,18)(H,17,19);4-5,11,13H,1,3,6-7H2,2H3,(H,14,15). The highest BCUT2D eigenvalue weighted by molar-refractivity contribution is 5.91. The molecule has 0 aliphatic carbocycles. The molecule has 14 rings (SSSR count). The van der Waals surface area contributed by atoms with Crippen LogP contribution in [0.3, 0.4) is 0 Å². The number of pyridine rings is 1. The van der Waals surface area contributed by atoms with E-state index in [1.807, 2.05) is 87.6 Å². The van der Waals surface area contributed by atoms with Crippen molar-refractivity contribution >= 4 is 41.4 Å². The molecule has 3 aromatic heterocycles. The highest BCUT2D eigenvalue weighted by Gasteiger charge is 2.33. The van der Waals surface area contributed by atoms with E-state index in [1.165, 1.54) is 16.7 Å². The Morgan fingerprint density at radius 3 is 1.75 bits per heavy atom. The van der Waals surface area contributed by atoms with Crippen molar-refractivity contribution < 1.29 is 47.5 Å². The van der Waals surface area contributed by atoms with Gasteiger partial charge in [-0.3, -0.25) is 63.6 Å². The van der Waals surface area contributed by atoms with Crippen molar-refractivity contribution in [3.05, 3.63) is 246 Å². The van der Waals surface area contributed by atoms with Gasteiger partial charge in [0.05, 0.1) is 73.1 Å². The number of nitrogens with one attached hydrogen (secondary N) is 11. The minimum atomic E-state index is -0.559. The van der Waals surface area contributed by atoms with Gasteiger partial charge >= 0.3 is 0 Å². The van der Waals surface area contributed by atoms with Crippen molar-refractivity contribution in [1.82, 2.24) is 83.2 Å². The molecule has 6 unspecified atom stereocenters. The SMILES string of the molecule is C=C1CCC(N(C)Cc2ccccc2)C(=O)N1.C=C1CCC(N2CCc3ccccc3C2)C(=O)N1.C=C1CCC(NCCc2ccccn2)C(=O)N1.C=C1CCC(NCc2ccc(C)o2)C(=O)N1.C=C1CCC(NCc2ccc3c(c2)OCO3)C(=O)N1.C=C1NC(=O)C(CC(=O)NCc2cnc(C)cn2)N1. The molecular formula is C80H100N16O10. The number of furan rings is 1. The molecule has 26 heteroatoms. The van der Waals surface area contributed by atoms with Gasteiger partial charge in [0, 0.05) is 85.7 Å². The van der Waals surface area contributed by atoms with Gasteiger partial charge in [-0.1, -0.05) is 106 Å². The van der Waals surface area contributed by atoms with Gasteiger partial charge in [0.1, 0.15) is 17.6 Å². The Bertz CT molecular complexity index is 4110. The number of aryl methyl sites for hydroxylation is 2. The molecule has 0 spiro atoms. The number of nitrogens with zero attached hydrogens (tertiary/aromatic N) is 5. The normalized spacial score (nSPS) is 20.9. The zero-order chi connectivity index (χ0) is 75.5. The Morgan fingerprint density at radius 2 is 1.16 bits per heavy atom. The number of likely N-dealkylation sites (N-methyl/N-ethyl adjacent to an activating group) is 1. The van der Waals surface area contributed by atoms with Crippen LogP contribution in [-0.4, -0.2) is 129 Å². The van der Waals surface area contributed by atoms with E-state index >= 15 is 0 Å². The highest BCUT2D eigenvalue weighted by Crippen LogP contribution is 2.33. The second-order valence-electron chi connectivity index (χ2n) is 27.0. The van der Waals surface area contributed by atoms with Crippen LogP contribution in [0.15, 0.2) is 200 Å². The van der Waals surface area contributed by atoms with E-state index in [1.54, 1.807) is 18.6 Å². The minimum absolute atomic E-state index is 0.000437. The maximum absolute atomic E-state index is 12.0. The molecule has 11 N–H and O–H groups in total. The third-order valence-corrected chi connectivity index (χ3v) is 18.5. The highest BCUT2D eigenvalue weighted by atomic mass is 16.7. The molecule has 8 aliphatic rings. The summed E-state index contributed by atoms with van der Waals surface area (Å²) in [4.78, 5) is 98.6. The van der Waals surface area contributed by atoms with Crippen LogP contribution in [0.5, 0.6) is 11.5 Å². The van der Waals surface area contributed by atoms with Crippen molar-refractivity contribution in [2.45, 2.75) is 166 Å². The van der Waals surface area contributed by atoms with Gasteiger partial charge in [-0.25, -0.2) is 0 Å². The molecule has 0 bridgehead atoms. The molecule has 7 amide bonds. The van der Waals surface area contributed by atoms with Crippen molar-refractivity contribution in [2.24, 2.45) is 0 Å². The quantitative estimate of drug-likeness (QED) is 0.0418. The van der Waals surface area contributed by atoms with Crippen LogP contribution in [0.25, 0.3) is 0 Å². The largest absolute Gasteiger partial charge is 0.465 e. The van der Waals surface area contributed by atoms with Gasteiger partial charge in [0.2, 0.25) is 48.1 Å². The molecule has 6 atom stereocenters. The summed E-state index contributed by atoms with van der Waals surface area (Å²) in [5.74, 6) is 3.44. The fourth-order valence-corrected chi connectivity index (χ4v) is 12.6. The fourth-order valence-electron chi connectivity index (χ4n) is 12.6. The van der Waals surface area contributed by atoms with E-state index in [2.05, 4.69) is 159 Å². The molecular weight excluding hydrogens is 1340 g/mol. The van der Waals surface area contributed by atoms with Gasteiger partial charge < -0.3 is 67.1 Å². The van der Waals surface area contributed by atoms with E-state index in [9.17, 15) is 33.6 Å². The third kappa shape index (κ3) is 25.2. The maximum atomic E-state index is 12.0. The Morgan fingerprint density at radius 1 is 0.557 bits per heavy atom. The molecule has 106 heavy (non-hydrogen) atoms. The predicted molar refractivity (Wildman–Crippen MR) is 403 cm³/mol. The first kappa shape index (κ1) is 79.2. The first-order valence-electron chi connectivity index (χ1n) is 35.9. The summed E-state index contributed by atoms with van der Waals surface area (Å²) >= 11 is 0. The lowest BCUT2D eigenvalue weighted by atomic mass is 9.95. The lowest BCUT2D eigenvalue weighted by molar-refractivity contribution is -0.128. The number of rotatable bonds is 18. The van der Waals surface area contributed by atoms with Crippen LogP contribution in [0.4, 0.5) is 0 Å². The second-order valence-corrected chi connectivity index (χ2v) is 27.0. The molecule has 6 aromatic rings. The van der Waals surface area contributed by atoms with E-state index in [4.69, 9.17) is 13.9 Å². The van der Waals surface area contributed by atoms with Gasteiger partial charge in [0.25, 0.3) is 0 Å². The topological polar surface area (TPSA) is 329 Å². The molecule has 0 saturated carbocycles. The van der Waals surface area contributed by atoms with E-state index in [0.29, 0.717) is 31.1 Å². The maximum Gasteiger partial charge on any atom is 0.248 e. The van der Waals surface area contributed by atoms with Gasteiger partial charge in [-0.15, -0.1) is 0 Å². The molecule has 6 saturated heterocycles. The van der Waals surface area contributed by atoms with Gasteiger partial charge in [-0.05, 0) is 150 Å². The summed E-state index contributed by atoms with van der Waals surface area (Å²) in [6.45, 7) is 31.4. The predicted octanol–water partition coefficient (Wildman–Crippen LogP) is 6.87. The molecule has 8 aliphatic heterocycles. The average Bonchev–Trinajstić information content (AvgIpc) is 0.938. The molecule has 560 valence electrons. The first-order valence-corrected chi connectivity index (χ1v) is 35.9. The number of benzene rings is 3. The van der Waals surface area contributed by atoms with Crippen LogP contribution < -0.4 is 68.0 Å². The van der Waals surface area contributed by atoms with E-state index < -0.39 is 6.04 Å². The van der Waals surface area contributed by atoms with E-state index in [0.717, 1.165) is 172 Å². The van der Waals surface area contributed by atoms with Gasteiger partial charge in [-0.2, -0.15) is 0 Å². The lowest BCUT2D eigenvalue weighted by Gasteiger charge is -2.37. The Kier molecular flexibility index (Phi) is 29.8. The number of fused-ring (bicyclic) bond motifs is 2. The van der Waals surface area contributed by atoms with Crippen LogP contribution in [0.2, 0.25) is 0 Å². The van der Waals surface area contributed by atoms with Crippen molar-refractivity contribution in [3.63, 3.8) is 0 Å². The molecule has 26 nitrogen and oxygen atoms in total.